The van der Waals surface area contributed by atoms with Gasteiger partial charge in [-0.25, -0.2) is 0 Å². The number of hydrogen-bond donors (Lipinski definition) is 2. The molecular formula is C10H16N2OS. The summed E-state index contributed by atoms with van der Waals surface area (Å²) in [6.45, 7) is 4.03. The van der Waals surface area contributed by atoms with Gasteiger partial charge in [0.15, 0.2) is 0 Å². The van der Waals surface area contributed by atoms with Crippen LogP contribution in [0.1, 0.15) is 18.2 Å². The van der Waals surface area contributed by atoms with Crippen LogP contribution in [0.3, 0.4) is 0 Å². The molecule has 0 aromatic carbocycles. The van der Waals surface area contributed by atoms with E-state index in [0.717, 1.165) is 13.0 Å². The van der Waals surface area contributed by atoms with Crippen molar-refractivity contribution in [1.82, 2.24) is 10.6 Å². The van der Waals surface area contributed by atoms with Gasteiger partial charge in [0.25, 0.3) is 0 Å². The van der Waals surface area contributed by atoms with E-state index in [4.69, 9.17) is 0 Å². The molecule has 0 bridgehead atoms. The largest absolute Gasteiger partial charge is 0.350 e. The zero-order valence-corrected chi connectivity index (χ0v) is 9.19. The topological polar surface area (TPSA) is 41.1 Å². The molecule has 0 aliphatic carbocycles. The van der Waals surface area contributed by atoms with E-state index in [1.165, 1.54) is 4.88 Å². The van der Waals surface area contributed by atoms with Crippen molar-refractivity contribution in [3.05, 3.63) is 22.4 Å². The Morgan fingerprint density at radius 2 is 2.43 bits per heavy atom. The molecule has 0 atom stereocenters. The van der Waals surface area contributed by atoms with Crippen molar-refractivity contribution in [2.24, 2.45) is 0 Å². The van der Waals surface area contributed by atoms with E-state index < -0.39 is 0 Å². The molecule has 0 aliphatic heterocycles. The van der Waals surface area contributed by atoms with Crippen molar-refractivity contribution in [3.8, 4) is 0 Å². The highest BCUT2D eigenvalue weighted by Crippen LogP contribution is 2.06. The van der Waals surface area contributed by atoms with Crippen LogP contribution in [0.25, 0.3) is 0 Å². The number of hydrogen-bond acceptors (Lipinski definition) is 3. The minimum absolute atomic E-state index is 0.0619. The Bertz CT molecular complexity index is 259. The summed E-state index contributed by atoms with van der Waals surface area (Å²) in [5.74, 6) is 0.0619. The lowest BCUT2D eigenvalue weighted by Gasteiger charge is -2.04. The van der Waals surface area contributed by atoms with Gasteiger partial charge in [0.05, 0.1) is 13.1 Å². The van der Waals surface area contributed by atoms with Crippen molar-refractivity contribution < 1.29 is 4.79 Å². The van der Waals surface area contributed by atoms with Gasteiger partial charge in [-0.2, -0.15) is 0 Å². The molecule has 4 heteroatoms. The van der Waals surface area contributed by atoms with Gasteiger partial charge in [-0.05, 0) is 24.4 Å². The fraction of sp³-hybridized carbons (Fsp3) is 0.500. The van der Waals surface area contributed by atoms with Gasteiger partial charge in [0, 0.05) is 4.88 Å². The zero-order valence-electron chi connectivity index (χ0n) is 8.38. The smallest absolute Gasteiger partial charge is 0.234 e. The van der Waals surface area contributed by atoms with Crippen LogP contribution in [0.15, 0.2) is 17.5 Å². The van der Waals surface area contributed by atoms with Gasteiger partial charge in [-0.3, -0.25) is 4.79 Å². The van der Waals surface area contributed by atoms with Gasteiger partial charge in [-0.1, -0.05) is 13.0 Å². The van der Waals surface area contributed by atoms with E-state index >= 15 is 0 Å². The summed E-state index contributed by atoms with van der Waals surface area (Å²) in [6, 6.07) is 4.01. The third kappa shape index (κ3) is 4.39. The Morgan fingerprint density at radius 1 is 1.57 bits per heavy atom. The Morgan fingerprint density at radius 3 is 3.07 bits per heavy atom. The average Bonchev–Trinajstić information content (AvgIpc) is 2.68. The highest BCUT2D eigenvalue weighted by Gasteiger charge is 1.99. The number of thiophene rings is 1. The first-order valence-corrected chi connectivity index (χ1v) is 5.70. The molecule has 0 radical (unpaired) electrons. The van der Waals surface area contributed by atoms with Gasteiger partial charge < -0.3 is 10.6 Å². The molecule has 0 saturated carbocycles. The maximum Gasteiger partial charge on any atom is 0.234 e. The normalized spacial score (nSPS) is 10.1. The number of carbonyl (C=O) groups is 1. The second-order valence-corrected chi connectivity index (χ2v) is 4.07. The van der Waals surface area contributed by atoms with Gasteiger partial charge in [-0.15, -0.1) is 11.3 Å². The maximum absolute atomic E-state index is 11.2. The van der Waals surface area contributed by atoms with Crippen LogP contribution in [0.5, 0.6) is 0 Å². The maximum atomic E-state index is 11.2. The number of nitrogens with one attached hydrogen (secondary N) is 2. The van der Waals surface area contributed by atoms with Crippen molar-refractivity contribution in [1.29, 1.82) is 0 Å². The predicted octanol–water partition coefficient (Wildman–Crippen LogP) is 1.36. The number of amides is 1. The first-order valence-electron chi connectivity index (χ1n) is 4.82. The highest BCUT2D eigenvalue weighted by atomic mass is 32.1. The summed E-state index contributed by atoms with van der Waals surface area (Å²) in [5.41, 5.74) is 0. The lowest BCUT2D eigenvalue weighted by molar-refractivity contribution is -0.120. The third-order valence-electron chi connectivity index (χ3n) is 1.75. The molecule has 0 aliphatic rings. The van der Waals surface area contributed by atoms with E-state index in [0.29, 0.717) is 13.1 Å². The SMILES string of the molecule is CCCNCC(=O)NCc1cccs1. The molecule has 3 nitrogen and oxygen atoms in total. The molecule has 2 N–H and O–H groups in total. The Kier molecular flexibility index (Phi) is 5.25. The van der Waals surface area contributed by atoms with Crippen LogP contribution in [0, 0.1) is 0 Å². The Balaban J connectivity index is 2.09. The molecule has 14 heavy (non-hydrogen) atoms. The standard InChI is InChI=1S/C10H16N2OS/c1-2-5-11-8-10(13)12-7-9-4-3-6-14-9/h3-4,6,11H,2,5,7-8H2,1H3,(H,12,13). The first-order chi connectivity index (χ1) is 6.83. The molecule has 0 unspecified atom stereocenters. The monoisotopic (exact) mass is 212 g/mol. The molecule has 1 aromatic rings. The Hall–Kier alpha value is -0.870. The fourth-order valence-electron chi connectivity index (χ4n) is 1.04. The Labute approximate surface area is 88.5 Å². The highest BCUT2D eigenvalue weighted by molar-refractivity contribution is 7.09. The van der Waals surface area contributed by atoms with Gasteiger partial charge in [0.1, 0.15) is 0 Å². The molecule has 0 saturated heterocycles. The summed E-state index contributed by atoms with van der Waals surface area (Å²) in [5, 5.41) is 7.92. The molecule has 1 rings (SSSR count). The minimum atomic E-state index is 0.0619. The van der Waals surface area contributed by atoms with Crippen LogP contribution in [0.4, 0.5) is 0 Å². The van der Waals surface area contributed by atoms with Crippen LogP contribution in [-0.4, -0.2) is 19.0 Å². The minimum Gasteiger partial charge on any atom is -0.350 e. The molecule has 78 valence electrons. The summed E-state index contributed by atoms with van der Waals surface area (Å²) < 4.78 is 0. The van der Waals surface area contributed by atoms with Crippen molar-refractivity contribution >= 4 is 17.2 Å². The van der Waals surface area contributed by atoms with E-state index in [1.807, 2.05) is 17.5 Å². The second-order valence-electron chi connectivity index (χ2n) is 3.03. The van der Waals surface area contributed by atoms with Crippen LogP contribution in [-0.2, 0) is 11.3 Å². The summed E-state index contributed by atoms with van der Waals surface area (Å²) >= 11 is 1.66. The molecule has 0 fully saturated rings. The third-order valence-corrected chi connectivity index (χ3v) is 2.63. The summed E-state index contributed by atoms with van der Waals surface area (Å²) in [7, 11) is 0. The van der Waals surface area contributed by atoms with Crippen molar-refractivity contribution in [2.45, 2.75) is 19.9 Å². The fourth-order valence-corrected chi connectivity index (χ4v) is 1.68. The van der Waals surface area contributed by atoms with E-state index in [2.05, 4.69) is 17.6 Å². The van der Waals surface area contributed by atoms with Crippen LogP contribution >= 0.6 is 11.3 Å². The molecule has 1 heterocycles. The molecular weight excluding hydrogens is 196 g/mol. The van der Waals surface area contributed by atoms with Crippen LogP contribution < -0.4 is 10.6 Å². The van der Waals surface area contributed by atoms with Gasteiger partial charge in [0.2, 0.25) is 5.91 Å². The van der Waals surface area contributed by atoms with Crippen LogP contribution in [0.2, 0.25) is 0 Å². The zero-order chi connectivity index (χ0) is 10.2. The molecule has 1 amide bonds. The van der Waals surface area contributed by atoms with E-state index in [9.17, 15) is 4.79 Å². The van der Waals surface area contributed by atoms with Crippen molar-refractivity contribution in [3.63, 3.8) is 0 Å². The summed E-state index contributed by atoms with van der Waals surface area (Å²) in [6.07, 6.45) is 1.05. The number of carbonyl (C=O) groups excluding carboxylic acids is 1. The number of rotatable bonds is 6. The van der Waals surface area contributed by atoms with E-state index in [-0.39, 0.29) is 5.91 Å². The molecule has 1 aromatic heterocycles. The molecule has 0 spiro atoms. The second kappa shape index (κ2) is 6.56. The lowest BCUT2D eigenvalue weighted by Crippen LogP contribution is -2.33. The van der Waals surface area contributed by atoms with Gasteiger partial charge >= 0.3 is 0 Å². The predicted molar refractivity (Wildman–Crippen MR) is 59.3 cm³/mol. The quantitative estimate of drug-likeness (QED) is 0.699. The van der Waals surface area contributed by atoms with E-state index in [1.54, 1.807) is 11.3 Å². The summed E-state index contributed by atoms with van der Waals surface area (Å²) in [4.78, 5) is 12.4. The first kappa shape index (κ1) is 11.2. The van der Waals surface area contributed by atoms with Crippen molar-refractivity contribution in [2.75, 3.05) is 13.1 Å². The average molecular weight is 212 g/mol. The lowest BCUT2D eigenvalue weighted by atomic mass is 10.4.